The van der Waals surface area contributed by atoms with Crippen LogP contribution in [0.2, 0.25) is 0 Å². The molecule has 1 unspecified atom stereocenters. The molecule has 0 heterocycles. The van der Waals surface area contributed by atoms with Crippen LogP contribution in [0.15, 0.2) is 0 Å². The van der Waals surface area contributed by atoms with E-state index in [0.29, 0.717) is 12.5 Å². The van der Waals surface area contributed by atoms with Crippen LogP contribution in [-0.4, -0.2) is 17.6 Å². The maximum atomic E-state index is 10.7. The van der Waals surface area contributed by atoms with Gasteiger partial charge in [0.15, 0.2) is 0 Å². The fourth-order valence-corrected chi connectivity index (χ4v) is 2.35. The average Bonchev–Trinajstić information content (AvgIpc) is 2.55. The summed E-state index contributed by atoms with van der Waals surface area (Å²) in [6.45, 7) is 2.50. The molecule has 3 nitrogen and oxygen atoms in total. The van der Waals surface area contributed by atoms with Crippen LogP contribution in [-0.2, 0) is 4.79 Å². The van der Waals surface area contributed by atoms with Crippen molar-refractivity contribution >= 4 is 5.97 Å². The third-order valence-corrected chi connectivity index (χ3v) is 3.36. The second kappa shape index (κ2) is 4.09. The molecule has 0 spiro atoms. The topological polar surface area (TPSA) is 63.3 Å². The lowest BCUT2D eigenvalue weighted by Crippen LogP contribution is -2.36. The number of carboxylic acid groups (broad SMARTS) is 1. The Morgan fingerprint density at radius 1 is 1.54 bits per heavy atom. The summed E-state index contributed by atoms with van der Waals surface area (Å²) in [5.41, 5.74) is 5.49. The maximum Gasteiger partial charge on any atom is 0.303 e. The second-order valence-corrected chi connectivity index (χ2v) is 4.41. The molecule has 0 aromatic rings. The van der Waals surface area contributed by atoms with Crippen molar-refractivity contribution in [1.29, 1.82) is 0 Å². The van der Waals surface area contributed by atoms with Gasteiger partial charge >= 0.3 is 5.97 Å². The molecule has 76 valence electrons. The van der Waals surface area contributed by atoms with Crippen molar-refractivity contribution in [2.45, 2.75) is 39.0 Å². The van der Waals surface area contributed by atoms with E-state index in [1.807, 2.05) is 6.92 Å². The zero-order valence-corrected chi connectivity index (χ0v) is 8.25. The van der Waals surface area contributed by atoms with Crippen molar-refractivity contribution in [3.05, 3.63) is 0 Å². The van der Waals surface area contributed by atoms with Gasteiger partial charge in [-0.3, -0.25) is 4.79 Å². The summed E-state index contributed by atoms with van der Waals surface area (Å²) in [4.78, 5) is 10.7. The zero-order chi connectivity index (χ0) is 9.90. The first-order valence-electron chi connectivity index (χ1n) is 5.00. The number of aliphatic carboxylic acids is 1. The van der Waals surface area contributed by atoms with Crippen LogP contribution in [0.5, 0.6) is 0 Å². The maximum absolute atomic E-state index is 10.7. The Morgan fingerprint density at radius 3 is 2.46 bits per heavy atom. The van der Waals surface area contributed by atoms with Gasteiger partial charge in [0.2, 0.25) is 0 Å². The van der Waals surface area contributed by atoms with Crippen molar-refractivity contribution in [3.8, 4) is 0 Å². The van der Waals surface area contributed by atoms with E-state index in [9.17, 15) is 4.79 Å². The molecule has 1 atom stereocenters. The molecule has 0 aromatic heterocycles. The van der Waals surface area contributed by atoms with Crippen molar-refractivity contribution in [2.24, 2.45) is 17.1 Å². The molecule has 1 saturated carbocycles. The standard InChI is InChI=1S/C10H19NO2/c1-10(7-11,6-9(12)13)8-4-2-3-5-8/h8H,2-7,11H2,1H3,(H,12,13). The molecular weight excluding hydrogens is 166 g/mol. The largest absolute Gasteiger partial charge is 0.481 e. The molecule has 0 bridgehead atoms. The van der Waals surface area contributed by atoms with E-state index in [2.05, 4.69) is 0 Å². The smallest absolute Gasteiger partial charge is 0.303 e. The summed E-state index contributed by atoms with van der Waals surface area (Å²) < 4.78 is 0. The Kier molecular flexibility index (Phi) is 3.31. The van der Waals surface area contributed by atoms with E-state index in [1.54, 1.807) is 0 Å². The van der Waals surface area contributed by atoms with Gasteiger partial charge in [-0.15, -0.1) is 0 Å². The highest BCUT2D eigenvalue weighted by molar-refractivity contribution is 5.67. The molecule has 3 heteroatoms. The minimum atomic E-state index is -0.722. The first-order chi connectivity index (χ1) is 6.08. The third kappa shape index (κ3) is 2.44. The van der Waals surface area contributed by atoms with E-state index in [4.69, 9.17) is 10.8 Å². The van der Waals surface area contributed by atoms with Crippen LogP contribution >= 0.6 is 0 Å². The molecule has 0 saturated heterocycles. The molecule has 0 aromatic carbocycles. The van der Waals surface area contributed by atoms with Gasteiger partial charge < -0.3 is 10.8 Å². The summed E-state index contributed by atoms with van der Waals surface area (Å²) in [7, 11) is 0. The van der Waals surface area contributed by atoms with Crippen LogP contribution in [0.4, 0.5) is 0 Å². The first kappa shape index (κ1) is 10.5. The monoisotopic (exact) mass is 185 g/mol. The molecule has 0 radical (unpaired) electrons. The highest BCUT2D eigenvalue weighted by Gasteiger charge is 2.36. The van der Waals surface area contributed by atoms with Crippen LogP contribution in [0.3, 0.4) is 0 Å². The average molecular weight is 185 g/mol. The Hall–Kier alpha value is -0.570. The van der Waals surface area contributed by atoms with Crippen LogP contribution < -0.4 is 5.73 Å². The van der Waals surface area contributed by atoms with E-state index in [0.717, 1.165) is 12.8 Å². The minimum Gasteiger partial charge on any atom is -0.481 e. The van der Waals surface area contributed by atoms with Gasteiger partial charge in [-0.2, -0.15) is 0 Å². The van der Waals surface area contributed by atoms with E-state index in [-0.39, 0.29) is 11.8 Å². The highest BCUT2D eigenvalue weighted by atomic mass is 16.4. The number of hydrogen-bond donors (Lipinski definition) is 2. The van der Waals surface area contributed by atoms with Gasteiger partial charge in [-0.05, 0) is 30.7 Å². The van der Waals surface area contributed by atoms with Gasteiger partial charge in [0.25, 0.3) is 0 Å². The Morgan fingerprint density at radius 2 is 2.08 bits per heavy atom. The van der Waals surface area contributed by atoms with Gasteiger partial charge in [-0.25, -0.2) is 0 Å². The van der Waals surface area contributed by atoms with E-state index >= 15 is 0 Å². The number of nitrogens with two attached hydrogens (primary N) is 1. The van der Waals surface area contributed by atoms with Crippen LogP contribution in [0.25, 0.3) is 0 Å². The Labute approximate surface area is 79.3 Å². The Balaban J connectivity index is 2.61. The molecule has 1 fully saturated rings. The predicted octanol–water partition coefficient (Wildman–Crippen LogP) is 1.62. The molecule has 1 aliphatic rings. The van der Waals surface area contributed by atoms with Crippen LogP contribution in [0, 0.1) is 11.3 Å². The summed E-state index contributed by atoms with van der Waals surface area (Å²) in [6, 6.07) is 0. The fourth-order valence-electron chi connectivity index (χ4n) is 2.35. The third-order valence-electron chi connectivity index (χ3n) is 3.36. The lowest BCUT2D eigenvalue weighted by Gasteiger charge is -2.32. The molecule has 0 aliphatic heterocycles. The van der Waals surface area contributed by atoms with Crippen molar-refractivity contribution in [1.82, 2.24) is 0 Å². The number of hydrogen-bond acceptors (Lipinski definition) is 2. The molecule has 3 N–H and O–H groups in total. The van der Waals surface area contributed by atoms with Crippen molar-refractivity contribution < 1.29 is 9.90 Å². The first-order valence-corrected chi connectivity index (χ1v) is 5.00. The molecule has 0 amide bonds. The van der Waals surface area contributed by atoms with E-state index < -0.39 is 5.97 Å². The lowest BCUT2D eigenvalue weighted by molar-refractivity contribution is -0.140. The summed E-state index contributed by atoms with van der Waals surface area (Å²) >= 11 is 0. The SMILES string of the molecule is CC(CN)(CC(=O)O)C1CCCC1. The van der Waals surface area contributed by atoms with Crippen LogP contribution in [0.1, 0.15) is 39.0 Å². The number of carbonyl (C=O) groups is 1. The zero-order valence-electron chi connectivity index (χ0n) is 8.25. The van der Waals surface area contributed by atoms with Gasteiger partial charge in [0.05, 0.1) is 6.42 Å². The van der Waals surface area contributed by atoms with Crippen molar-refractivity contribution in [2.75, 3.05) is 6.54 Å². The molecule has 1 rings (SSSR count). The summed E-state index contributed by atoms with van der Waals surface area (Å²) in [5, 5.41) is 8.78. The summed E-state index contributed by atoms with van der Waals surface area (Å²) in [6.07, 6.45) is 5.00. The minimum absolute atomic E-state index is 0.178. The normalized spacial score (nSPS) is 22.9. The quantitative estimate of drug-likeness (QED) is 0.699. The number of rotatable bonds is 4. The number of carboxylic acids is 1. The Bertz CT molecular complexity index is 187. The fraction of sp³-hybridized carbons (Fsp3) is 0.900. The van der Waals surface area contributed by atoms with Gasteiger partial charge in [0.1, 0.15) is 0 Å². The summed E-state index contributed by atoms with van der Waals surface area (Å²) in [5.74, 6) is -0.201. The predicted molar refractivity (Wildman–Crippen MR) is 51.4 cm³/mol. The van der Waals surface area contributed by atoms with Gasteiger partial charge in [0, 0.05) is 0 Å². The lowest BCUT2D eigenvalue weighted by atomic mass is 9.73. The van der Waals surface area contributed by atoms with Crippen molar-refractivity contribution in [3.63, 3.8) is 0 Å². The van der Waals surface area contributed by atoms with E-state index in [1.165, 1.54) is 12.8 Å². The highest BCUT2D eigenvalue weighted by Crippen LogP contribution is 2.41. The molecular formula is C10H19NO2. The molecule has 1 aliphatic carbocycles. The second-order valence-electron chi connectivity index (χ2n) is 4.41. The molecule has 13 heavy (non-hydrogen) atoms. The van der Waals surface area contributed by atoms with Gasteiger partial charge in [-0.1, -0.05) is 19.8 Å².